The van der Waals surface area contributed by atoms with Crippen LogP contribution in [0.5, 0.6) is 0 Å². The van der Waals surface area contributed by atoms with E-state index in [4.69, 9.17) is 9.84 Å². The van der Waals surface area contributed by atoms with Crippen LogP contribution in [0.4, 0.5) is 0 Å². The summed E-state index contributed by atoms with van der Waals surface area (Å²) in [5, 5.41) is 8.62. The Labute approximate surface area is 65.0 Å². The van der Waals surface area contributed by atoms with Gasteiger partial charge < -0.3 is 9.84 Å². The largest absolute Gasteiger partial charge is 0.497 e. The maximum absolute atomic E-state index is 10.5. The second-order valence-corrected chi connectivity index (χ2v) is 2.40. The minimum atomic E-state index is -0.803. The van der Waals surface area contributed by atoms with E-state index in [9.17, 15) is 4.79 Å². The van der Waals surface area contributed by atoms with E-state index in [-0.39, 0.29) is 0 Å². The predicted octanol–water partition coefficient (Wildman–Crippen LogP) is 1.18. The van der Waals surface area contributed by atoms with Crippen LogP contribution in [0, 0.1) is 5.92 Å². The zero-order chi connectivity index (χ0) is 8.27. The third kappa shape index (κ3) is 1.83. The molecule has 0 saturated carbocycles. The molecule has 1 heterocycles. The summed E-state index contributed by atoms with van der Waals surface area (Å²) in [4.78, 5) is 10.5. The molecule has 1 aliphatic rings. The molecule has 0 aromatic carbocycles. The Kier molecular flexibility index (Phi) is 2.31. The summed E-state index contributed by atoms with van der Waals surface area (Å²) in [6, 6.07) is 0. The second kappa shape index (κ2) is 3.23. The lowest BCUT2D eigenvalue weighted by Gasteiger charge is -2.10. The molecule has 0 amide bonds. The van der Waals surface area contributed by atoms with Crippen molar-refractivity contribution in [2.75, 3.05) is 6.61 Å². The van der Waals surface area contributed by atoms with Gasteiger partial charge in [-0.3, -0.25) is 4.79 Å². The first-order valence-corrected chi connectivity index (χ1v) is 3.43. The van der Waals surface area contributed by atoms with Crippen LogP contribution in [0.15, 0.2) is 24.0 Å². The standard InChI is InChI=1S/C8H10O3/c1-6(8(9)10)7-2-4-11-5-3-7/h2-4,6H,5H2,1H3,(H,9,10). The first-order chi connectivity index (χ1) is 5.22. The molecule has 1 unspecified atom stereocenters. The molecule has 60 valence electrons. The van der Waals surface area contributed by atoms with Gasteiger partial charge in [-0.05, 0) is 24.6 Å². The summed E-state index contributed by atoms with van der Waals surface area (Å²) in [6.45, 7) is 2.13. The smallest absolute Gasteiger partial charge is 0.310 e. The average molecular weight is 154 g/mol. The first-order valence-electron chi connectivity index (χ1n) is 3.43. The van der Waals surface area contributed by atoms with Gasteiger partial charge in [-0.15, -0.1) is 0 Å². The first kappa shape index (κ1) is 7.85. The molecule has 0 aromatic rings. The predicted molar refractivity (Wildman–Crippen MR) is 40.0 cm³/mol. The van der Waals surface area contributed by atoms with Crippen LogP contribution in [-0.4, -0.2) is 17.7 Å². The molecule has 3 heteroatoms. The fourth-order valence-corrected chi connectivity index (χ4v) is 0.858. The van der Waals surface area contributed by atoms with Crippen LogP contribution in [-0.2, 0) is 9.53 Å². The summed E-state index contributed by atoms with van der Waals surface area (Å²) in [5.74, 6) is -1.24. The highest BCUT2D eigenvalue weighted by Gasteiger charge is 2.15. The molecule has 1 atom stereocenters. The van der Waals surface area contributed by atoms with Crippen LogP contribution in [0.2, 0.25) is 0 Å². The second-order valence-electron chi connectivity index (χ2n) is 2.40. The van der Waals surface area contributed by atoms with Crippen LogP contribution in [0.25, 0.3) is 0 Å². The summed E-state index contributed by atoms with van der Waals surface area (Å²) >= 11 is 0. The number of rotatable bonds is 2. The Morgan fingerprint density at radius 1 is 1.82 bits per heavy atom. The monoisotopic (exact) mass is 154 g/mol. The highest BCUT2D eigenvalue weighted by molar-refractivity contribution is 5.74. The molecule has 0 fully saturated rings. The normalized spacial score (nSPS) is 18.5. The molecule has 0 aromatic heterocycles. The fraction of sp³-hybridized carbons (Fsp3) is 0.375. The number of ether oxygens (including phenoxy) is 1. The van der Waals surface area contributed by atoms with E-state index in [0.717, 1.165) is 5.57 Å². The minimum Gasteiger partial charge on any atom is -0.497 e. The van der Waals surface area contributed by atoms with E-state index in [1.807, 2.05) is 0 Å². The Morgan fingerprint density at radius 2 is 2.55 bits per heavy atom. The highest BCUT2D eigenvalue weighted by atomic mass is 16.5. The molecular weight excluding hydrogens is 144 g/mol. The zero-order valence-electron chi connectivity index (χ0n) is 6.28. The van der Waals surface area contributed by atoms with E-state index < -0.39 is 11.9 Å². The van der Waals surface area contributed by atoms with Crippen molar-refractivity contribution in [1.82, 2.24) is 0 Å². The van der Waals surface area contributed by atoms with E-state index in [2.05, 4.69) is 0 Å². The van der Waals surface area contributed by atoms with E-state index >= 15 is 0 Å². The summed E-state index contributed by atoms with van der Waals surface area (Å²) < 4.78 is 4.88. The number of carboxylic acid groups (broad SMARTS) is 1. The number of allylic oxidation sites excluding steroid dienone is 1. The van der Waals surface area contributed by atoms with Gasteiger partial charge in [-0.25, -0.2) is 0 Å². The van der Waals surface area contributed by atoms with Crippen molar-refractivity contribution >= 4 is 5.97 Å². The molecule has 1 rings (SSSR count). The molecule has 0 bridgehead atoms. The van der Waals surface area contributed by atoms with Gasteiger partial charge in [-0.2, -0.15) is 0 Å². The number of carboxylic acids is 1. The molecule has 0 spiro atoms. The van der Waals surface area contributed by atoms with Crippen LogP contribution in [0.3, 0.4) is 0 Å². The lowest BCUT2D eigenvalue weighted by Crippen LogP contribution is -2.12. The van der Waals surface area contributed by atoms with Crippen molar-refractivity contribution in [2.45, 2.75) is 6.92 Å². The Bertz CT molecular complexity index is 215. The van der Waals surface area contributed by atoms with Crippen LogP contribution < -0.4 is 0 Å². The van der Waals surface area contributed by atoms with Gasteiger partial charge in [-0.1, -0.05) is 0 Å². The van der Waals surface area contributed by atoms with Gasteiger partial charge >= 0.3 is 5.97 Å². The number of hydrogen-bond acceptors (Lipinski definition) is 2. The van der Waals surface area contributed by atoms with Gasteiger partial charge in [0.1, 0.15) is 6.61 Å². The quantitative estimate of drug-likeness (QED) is 0.649. The summed E-state index contributed by atoms with van der Waals surface area (Å²) in [6.07, 6.45) is 4.98. The minimum absolute atomic E-state index is 0.435. The average Bonchev–Trinajstić information content (AvgIpc) is 2.05. The van der Waals surface area contributed by atoms with Gasteiger partial charge in [0, 0.05) is 0 Å². The third-order valence-electron chi connectivity index (χ3n) is 1.64. The molecule has 3 nitrogen and oxygen atoms in total. The number of aliphatic carboxylic acids is 1. The van der Waals surface area contributed by atoms with Crippen molar-refractivity contribution in [3.8, 4) is 0 Å². The van der Waals surface area contributed by atoms with Crippen molar-refractivity contribution < 1.29 is 14.6 Å². The summed E-state index contributed by atoms with van der Waals surface area (Å²) in [7, 11) is 0. The molecule has 0 saturated heterocycles. The zero-order valence-corrected chi connectivity index (χ0v) is 6.28. The highest BCUT2D eigenvalue weighted by Crippen LogP contribution is 2.14. The molecule has 1 N–H and O–H groups in total. The lowest BCUT2D eigenvalue weighted by molar-refractivity contribution is -0.139. The maximum atomic E-state index is 10.5. The molecule has 0 radical (unpaired) electrons. The molecule has 1 aliphatic heterocycles. The van der Waals surface area contributed by atoms with Crippen molar-refractivity contribution in [3.63, 3.8) is 0 Å². The van der Waals surface area contributed by atoms with E-state index in [1.165, 1.54) is 6.26 Å². The van der Waals surface area contributed by atoms with Gasteiger partial charge in [0.25, 0.3) is 0 Å². The summed E-state index contributed by atoms with van der Waals surface area (Å²) in [5.41, 5.74) is 0.809. The van der Waals surface area contributed by atoms with Gasteiger partial charge in [0.15, 0.2) is 0 Å². The van der Waals surface area contributed by atoms with Crippen LogP contribution in [0.1, 0.15) is 6.92 Å². The van der Waals surface area contributed by atoms with E-state index in [0.29, 0.717) is 6.61 Å². The van der Waals surface area contributed by atoms with Gasteiger partial charge in [0.2, 0.25) is 0 Å². The number of hydrogen-bond donors (Lipinski definition) is 1. The van der Waals surface area contributed by atoms with E-state index in [1.54, 1.807) is 19.1 Å². The van der Waals surface area contributed by atoms with Crippen LogP contribution >= 0.6 is 0 Å². The third-order valence-corrected chi connectivity index (χ3v) is 1.64. The van der Waals surface area contributed by atoms with Crippen molar-refractivity contribution in [1.29, 1.82) is 0 Å². The lowest BCUT2D eigenvalue weighted by atomic mass is 10.0. The molecule has 0 aliphatic carbocycles. The van der Waals surface area contributed by atoms with Crippen molar-refractivity contribution in [2.24, 2.45) is 5.92 Å². The number of carbonyl (C=O) groups is 1. The Hall–Kier alpha value is -1.25. The van der Waals surface area contributed by atoms with Crippen molar-refractivity contribution in [3.05, 3.63) is 24.0 Å². The maximum Gasteiger partial charge on any atom is 0.310 e. The fourth-order valence-electron chi connectivity index (χ4n) is 0.858. The molecule has 11 heavy (non-hydrogen) atoms. The SMILES string of the molecule is CC(C(=O)O)C1=CCOC=C1. The topological polar surface area (TPSA) is 46.5 Å². The molecular formula is C8H10O3. The Morgan fingerprint density at radius 3 is 3.00 bits per heavy atom. The van der Waals surface area contributed by atoms with Gasteiger partial charge in [0.05, 0.1) is 12.2 Å². The Balaban J connectivity index is 2.66.